The van der Waals surface area contributed by atoms with Crippen molar-refractivity contribution in [2.75, 3.05) is 27.0 Å². The van der Waals surface area contributed by atoms with Crippen LogP contribution in [0.5, 0.6) is 0 Å². The van der Waals surface area contributed by atoms with E-state index in [2.05, 4.69) is 0 Å². The Morgan fingerprint density at radius 1 is 1.64 bits per heavy atom. The van der Waals surface area contributed by atoms with Crippen LogP contribution in [0.2, 0.25) is 0 Å². The Balaban J connectivity index is 3.39. The van der Waals surface area contributed by atoms with Gasteiger partial charge in [-0.1, -0.05) is 24.0 Å². The van der Waals surface area contributed by atoms with Crippen molar-refractivity contribution in [3.05, 3.63) is 12.3 Å². The lowest BCUT2D eigenvalue weighted by molar-refractivity contribution is 0.337. The molecule has 0 saturated heterocycles. The third-order valence-corrected chi connectivity index (χ3v) is 2.59. The first-order valence-corrected chi connectivity index (χ1v) is 4.59. The number of hydrogen-bond acceptors (Lipinski definition) is 3. The minimum Gasteiger partial charge on any atom is -0.505 e. The van der Waals surface area contributed by atoms with E-state index in [1.54, 1.807) is 25.1 Å². The normalized spacial score (nSPS) is 10.1. The fourth-order valence-corrected chi connectivity index (χ4v) is 1.16. The molecule has 0 unspecified atom stereocenters. The third-order valence-electron chi connectivity index (χ3n) is 0.900. The van der Waals surface area contributed by atoms with Crippen LogP contribution in [0.25, 0.3) is 0 Å². The predicted octanol–water partition coefficient (Wildman–Crippen LogP) is 1.73. The van der Waals surface area contributed by atoms with Crippen LogP contribution in [0.4, 0.5) is 0 Å². The Kier molecular flexibility index (Phi) is 6.36. The fourth-order valence-electron chi connectivity index (χ4n) is 0.384. The highest BCUT2D eigenvalue weighted by atomic mass is 32.2. The average Bonchev–Trinajstić information content (AvgIpc) is 1.97. The molecule has 0 bridgehead atoms. The SMILES string of the molecule is COC=CCSC(=S)N(C)C. The van der Waals surface area contributed by atoms with Crippen LogP contribution in [-0.4, -0.2) is 36.2 Å². The number of nitrogens with zero attached hydrogens (tertiary/aromatic N) is 1. The lowest BCUT2D eigenvalue weighted by Gasteiger charge is -2.10. The summed E-state index contributed by atoms with van der Waals surface area (Å²) in [4.78, 5) is 1.92. The van der Waals surface area contributed by atoms with Crippen molar-refractivity contribution < 1.29 is 4.74 Å². The maximum Gasteiger partial charge on any atom is 0.136 e. The molecule has 0 N–H and O–H groups in total. The summed E-state index contributed by atoms with van der Waals surface area (Å²) >= 11 is 6.66. The molecule has 11 heavy (non-hydrogen) atoms. The summed E-state index contributed by atoms with van der Waals surface area (Å²) in [5.74, 6) is 0.866. The van der Waals surface area contributed by atoms with E-state index < -0.39 is 0 Å². The molecular formula is C7H13NOS2. The van der Waals surface area contributed by atoms with E-state index in [1.807, 2.05) is 25.1 Å². The van der Waals surface area contributed by atoms with Gasteiger partial charge in [-0.05, 0) is 6.08 Å². The summed E-state index contributed by atoms with van der Waals surface area (Å²) in [5.41, 5.74) is 0. The smallest absolute Gasteiger partial charge is 0.136 e. The lowest BCUT2D eigenvalue weighted by atomic mass is 10.7. The van der Waals surface area contributed by atoms with Gasteiger partial charge in [0, 0.05) is 19.8 Å². The van der Waals surface area contributed by atoms with Gasteiger partial charge in [-0.15, -0.1) is 0 Å². The Labute approximate surface area is 77.6 Å². The predicted molar refractivity (Wildman–Crippen MR) is 54.9 cm³/mol. The summed E-state index contributed by atoms with van der Waals surface area (Å²) in [6, 6.07) is 0. The van der Waals surface area contributed by atoms with Gasteiger partial charge in [0.25, 0.3) is 0 Å². The molecule has 0 aromatic rings. The van der Waals surface area contributed by atoms with Crippen molar-refractivity contribution in [2.24, 2.45) is 0 Å². The van der Waals surface area contributed by atoms with Crippen LogP contribution in [-0.2, 0) is 4.74 Å². The summed E-state index contributed by atoms with van der Waals surface area (Å²) < 4.78 is 5.63. The van der Waals surface area contributed by atoms with E-state index in [0.29, 0.717) is 0 Å². The Hall–Kier alpha value is -0.220. The molecule has 0 atom stereocenters. The quantitative estimate of drug-likeness (QED) is 0.497. The van der Waals surface area contributed by atoms with Crippen LogP contribution >= 0.6 is 24.0 Å². The third kappa shape index (κ3) is 6.19. The first-order valence-electron chi connectivity index (χ1n) is 3.20. The van der Waals surface area contributed by atoms with E-state index in [9.17, 15) is 0 Å². The van der Waals surface area contributed by atoms with Gasteiger partial charge < -0.3 is 9.64 Å². The van der Waals surface area contributed by atoms with E-state index in [1.165, 1.54) is 0 Å². The van der Waals surface area contributed by atoms with Gasteiger partial charge in [0.05, 0.1) is 13.4 Å². The zero-order valence-electron chi connectivity index (χ0n) is 7.03. The maximum absolute atomic E-state index is 5.04. The standard InChI is InChI=1S/C7H13NOS2/c1-8(2)7(10)11-6-4-5-9-3/h4-5H,6H2,1-3H3. The lowest BCUT2D eigenvalue weighted by Crippen LogP contribution is -2.16. The van der Waals surface area contributed by atoms with Crippen LogP contribution in [0.1, 0.15) is 0 Å². The van der Waals surface area contributed by atoms with Crippen molar-refractivity contribution in [1.29, 1.82) is 0 Å². The number of thiocarbonyl (C=S) groups is 1. The molecule has 0 aliphatic rings. The van der Waals surface area contributed by atoms with Crippen LogP contribution in [0, 0.1) is 0 Å². The number of ether oxygens (including phenoxy) is 1. The number of thioether (sulfide) groups is 1. The molecule has 0 saturated carbocycles. The molecule has 0 heterocycles. The number of methoxy groups -OCH3 is 1. The second kappa shape index (κ2) is 6.49. The van der Waals surface area contributed by atoms with Gasteiger partial charge >= 0.3 is 0 Å². The summed E-state index contributed by atoms with van der Waals surface area (Å²) in [6.45, 7) is 0. The molecule has 0 spiro atoms. The summed E-state index contributed by atoms with van der Waals surface area (Å²) in [6.07, 6.45) is 3.59. The Morgan fingerprint density at radius 3 is 2.73 bits per heavy atom. The highest BCUT2D eigenvalue weighted by Crippen LogP contribution is 2.05. The molecule has 0 fully saturated rings. The first kappa shape index (κ1) is 10.8. The Bertz CT molecular complexity index is 145. The van der Waals surface area contributed by atoms with Gasteiger partial charge in [-0.3, -0.25) is 0 Å². The monoisotopic (exact) mass is 191 g/mol. The largest absolute Gasteiger partial charge is 0.505 e. The van der Waals surface area contributed by atoms with Crippen LogP contribution in [0.3, 0.4) is 0 Å². The van der Waals surface area contributed by atoms with Crippen molar-refractivity contribution in [3.63, 3.8) is 0 Å². The van der Waals surface area contributed by atoms with Crippen molar-refractivity contribution in [1.82, 2.24) is 4.90 Å². The molecule has 2 nitrogen and oxygen atoms in total. The molecule has 0 aromatic carbocycles. The van der Waals surface area contributed by atoms with Crippen LogP contribution < -0.4 is 0 Å². The second-order valence-corrected chi connectivity index (χ2v) is 3.73. The fraction of sp³-hybridized carbons (Fsp3) is 0.571. The molecule has 0 aromatic heterocycles. The van der Waals surface area contributed by atoms with E-state index >= 15 is 0 Å². The van der Waals surface area contributed by atoms with Crippen molar-refractivity contribution in [2.45, 2.75) is 0 Å². The van der Waals surface area contributed by atoms with Gasteiger partial charge in [-0.25, -0.2) is 0 Å². The Morgan fingerprint density at radius 2 is 2.27 bits per heavy atom. The van der Waals surface area contributed by atoms with Crippen molar-refractivity contribution in [3.8, 4) is 0 Å². The van der Waals surface area contributed by atoms with Gasteiger partial charge in [-0.2, -0.15) is 0 Å². The van der Waals surface area contributed by atoms with E-state index in [-0.39, 0.29) is 0 Å². The highest BCUT2D eigenvalue weighted by molar-refractivity contribution is 8.23. The summed E-state index contributed by atoms with van der Waals surface area (Å²) in [7, 11) is 5.51. The zero-order chi connectivity index (χ0) is 8.69. The molecule has 0 amide bonds. The molecule has 0 radical (unpaired) electrons. The van der Waals surface area contributed by atoms with E-state index in [0.717, 1.165) is 10.1 Å². The van der Waals surface area contributed by atoms with Gasteiger partial charge in [0.1, 0.15) is 4.32 Å². The van der Waals surface area contributed by atoms with Gasteiger partial charge in [0.15, 0.2) is 0 Å². The minimum absolute atomic E-state index is 0.866. The topological polar surface area (TPSA) is 12.5 Å². The average molecular weight is 191 g/mol. The first-order chi connectivity index (χ1) is 5.18. The second-order valence-electron chi connectivity index (χ2n) is 2.08. The highest BCUT2D eigenvalue weighted by Gasteiger charge is 1.95. The summed E-state index contributed by atoms with van der Waals surface area (Å²) in [5, 5.41) is 0. The van der Waals surface area contributed by atoms with Crippen LogP contribution in [0.15, 0.2) is 12.3 Å². The van der Waals surface area contributed by atoms with E-state index in [4.69, 9.17) is 17.0 Å². The zero-order valence-corrected chi connectivity index (χ0v) is 8.67. The maximum atomic E-state index is 5.04. The molecular weight excluding hydrogens is 178 g/mol. The molecule has 64 valence electrons. The number of hydrogen-bond donors (Lipinski definition) is 0. The minimum atomic E-state index is 0.866. The number of rotatable bonds is 3. The molecule has 4 heteroatoms. The van der Waals surface area contributed by atoms with Gasteiger partial charge in [0.2, 0.25) is 0 Å². The molecule has 0 rings (SSSR count). The molecule has 0 aliphatic heterocycles. The molecule has 0 aliphatic carbocycles. The van der Waals surface area contributed by atoms with Crippen molar-refractivity contribution >= 4 is 28.3 Å².